The molecule has 4 heteroatoms. The smallest absolute Gasteiger partial charge is 0.107 e. The highest BCUT2D eigenvalue weighted by atomic mass is 16.5. The standard InChI is InChI=1S/C21H24O4/c22-18-17-11-21(17,14-24-12-15-7-3-1-4-8-15)20(19(18)23)25-13-16-9-5-2-6-10-16/h1-10,17-20,22-23H,11-14H2/t17-,18+,19+,20+,21+/m1/s1. The zero-order valence-electron chi connectivity index (χ0n) is 14.1. The van der Waals surface area contributed by atoms with Crippen LogP contribution in [0.25, 0.3) is 0 Å². The fourth-order valence-corrected chi connectivity index (χ4v) is 4.10. The second-order valence-electron chi connectivity index (χ2n) is 7.22. The van der Waals surface area contributed by atoms with E-state index in [9.17, 15) is 10.2 Å². The molecule has 2 aliphatic carbocycles. The van der Waals surface area contributed by atoms with E-state index in [2.05, 4.69) is 0 Å². The van der Waals surface area contributed by atoms with Crippen LogP contribution in [-0.4, -0.2) is 35.1 Å². The Hall–Kier alpha value is -1.72. The summed E-state index contributed by atoms with van der Waals surface area (Å²) in [7, 11) is 0. The van der Waals surface area contributed by atoms with Gasteiger partial charge in [0.05, 0.1) is 32.0 Å². The number of hydrogen-bond donors (Lipinski definition) is 2. The molecule has 2 aromatic rings. The molecule has 0 spiro atoms. The van der Waals surface area contributed by atoms with Crippen molar-refractivity contribution in [3.05, 3.63) is 71.8 Å². The lowest BCUT2D eigenvalue weighted by Crippen LogP contribution is -2.39. The third-order valence-electron chi connectivity index (χ3n) is 5.57. The number of benzene rings is 2. The number of rotatable bonds is 7. The molecule has 0 amide bonds. The predicted octanol–water partition coefficient (Wildman–Crippen LogP) is 2.53. The highest BCUT2D eigenvalue weighted by Crippen LogP contribution is 2.64. The summed E-state index contributed by atoms with van der Waals surface area (Å²) in [5, 5.41) is 20.7. The Bertz CT molecular complexity index is 690. The van der Waals surface area contributed by atoms with E-state index >= 15 is 0 Å². The van der Waals surface area contributed by atoms with E-state index in [0.29, 0.717) is 19.8 Å². The van der Waals surface area contributed by atoms with E-state index in [1.165, 1.54) is 0 Å². The maximum absolute atomic E-state index is 10.4. The Morgan fingerprint density at radius 3 is 2.08 bits per heavy atom. The first-order valence-electron chi connectivity index (χ1n) is 8.84. The van der Waals surface area contributed by atoms with Crippen LogP contribution in [0.1, 0.15) is 17.5 Å². The minimum atomic E-state index is -0.845. The van der Waals surface area contributed by atoms with Gasteiger partial charge < -0.3 is 19.7 Å². The topological polar surface area (TPSA) is 58.9 Å². The van der Waals surface area contributed by atoms with Crippen molar-refractivity contribution >= 4 is 0 Å². The molecule has 5 atom stereocenters. The van der Waals surface area contributed by atoms with Crippen LogP contribution >= 0.6 is 0 Å². The lowest BCUT2D eigenvalue weighted by Gasteiger charge is -2.27. The van der Waals surface area contributed by atoms with Crippen LogP contribution in [0.3, 0.4) is 0 Å². The summed E-state index contributed by atoms with van der Waals surface area (Å²) < 4.78 is 12.0. The van der Waals surface area contributed by atoms with Gasteiger partial charge in [0.1, 0.15) is 6.10 Å². The summed E-state index contributed by atoms with van der Waals surface area (Å²) in [5.41, 5.74) is 1.92. The van der Waals surface area contributed by atoms with E-state index < -0.39 is 12.2 Å². The number of fused-ring (bicyclic) bond motifs is 1. The third-order valence-corrected chi connectivity index (χ3v) is 5.57. The van der Waals surface area contributed by atoms with Crippen LogP contribution in [0, 0.1) is 11.3 Å². The number of aliphatic hydroxyl groups excluding tert-OH is 2. The van der Waals surface area contributed by atoms with Crippen LogP contribution in [-0.2, 0) is 22.7 Å². The fraction of sp³-hybridized carbons (Fsp3) is 0.429. The van der Waals surface area contributed by atoms with Crippen molar-refractivity contribution in [3.8, 4) is 0 Å². The molecule has 2 aromatic carbocycles. The first-order chi connectivity index (χ1) is 12.2. The Morgan fingerprint density at radius 1 is 0.840 bits per heavy atom. The SMILES string of the molecule is O[C@@H]1[C@H](O)[C@H](OCc2ccccc2)[C@]2(COCc3ccccc3)C[C@H]12. The average Bonchev–Trinajstić information content (AvgIpc) is 3.33. The molecule has 4 rings (SSSR count). The number of ether oxygens (including phenoxy) is 2. The molecule has 25 heavy (non-hydrogen) atoms. The summed E-state index contributed by atoms with van der Waals surface area (Å²) in [4.78, 5) is 0. The summed E-state index contributed by atoms with van der Waals surface area (Å²) in [6.07, 6.45) is -1.10. The monoisotopic (exact) mass is 340 g/mol. The molecule has 0 aromatic heterocycles. The van der Waals surface area contributed by atoms with Crippen LogP contribution in [0.15, 0.2) is 60.7 Å². The minimum Gasteiger partial charge on any atom is -0.390 e. The molecule has 0 heterocycles. The summed E-state index contributed by atoms with van der Waals surface area (Å²) in [6.45, 7) is 1.47. The van der Waals surface area contributed by atoms with Crippen molar-refractivity contribution < 1.29 is 19.7 Å². The molecule has 2 saturated carbocycles. The van der Waals surface area contributed by atoms with Gasteiger partial charge in [0.25, 0.3) is 0 Å². The van der Waals surface area contributed by atoms with E-state index in [-0.39, 0.29) is 17.4 Å². The zero-order chi connectivity index (χ0) is 17.3. The second kappa shape index (κ2) is 6.89. The van der Waals surface area contributed by atoms with Crippen molar-refractivity contribution in [2.45, 2.75) is 37.9 Å². The quantitative estimate of drug-likeness (QED) is 0.813. The van der Waals surface area contributed by atoms with Gasteiger partial charge in [-0.05, 0) is 23.5 Å². The Morgan fingerprint density at radius 2 is 1.44 bits per heavy atom. The second-order valence-corrected chi connectivity index (χ2v) is 7.22. The number of aliphatic hydroxyl groups is 2. The molecule has 2 aliphatic rings. The van der Waals surface area contributed by atoms with Gasteiger partial charge in [0.2, 0.25) is 0 Å². The lowest BCUT2D eigenvalue weighted by atomic mass is 10.00. The Kier molecular flexibility index (Phi) is 4.61. The van der Waals surface area contributed by atoms with E-state index in [1.807, 2.05) is 60.7 Å². The molecule has 0 unspecified atom stereocenters. The maximum Gasteiger partial charge on any atom is 0.107 e. The van der Waals surface area contributed by atoms with Crippen molar-refractivity contribution in [2.24, 2.45) is 11.3 Å². The van der Waals surface area contributed by atoms with Gasteiger partial charge in [-0.3, -0.25) is 0 Å². The maximum atomic E-state index is 10.4. The van der Waals surface area contributed by atoms with Gasteiger partial charge in [0.15, 0.2) is 0 Å². The number of hydrogen-bond acceptors (Lipinski definition) is 4. The largest absolute Gasteiger partial charge is 0.390 e. The van der Waals surface area contributed by atoms with E-state index in [0.717, 1.165) is 17.5 Å². The fourth-order valence-electron chi connectivity index (χ4n) is 4.10. The first kappa shape index (κ1) is 16.7. The van der Waals surface area contributed by atoms with Gasteiger partial charge in [0, 0.05) is 5.41 Å². The average molecular weight is 340 g/mol. The van der Waals surface area contributed by atoms with Crippen LogP contribution < -0.4 is 0 Å². The summed E-state index contributed by atoms with van der Waals surface area (Å²) in [5.74, 6) is 0.0686. The Labute approximate surface area is 148 Å². The van der Waals surface area contributed by atoms with Crippen molar-refractivity contribution in [3.63, 3.8) is 0 Å². The van der Waals surface area contributed by atoms with Gasteiger partial charge in [-0.25, -0.2) is 0 Å². The predicted molar refractivity (Wildman–Crippen MR) is 93.7 cm³/mol. The highest BCUT2D eigenvalue weighted by molar-refractivity contribution is 5.21. The van der Waals surface area contributed by atoms with Crippen molar-refractivity contribution in [1.82, 2.24) is 0 Å². The molecule has 2 fully saturated rings. The Balaban J connectivity index is 1.38. The van der Waals surface area contributed by atoms with Gasteiger partial charge in [-0.2, -0.15) is 0 Å². The molecule has 0 saturated heterocycles. The lowest BCUT2D eigenvalue weighted by molar-refractivity contribution is -0.105. The molecular weight excluding hydrogens is 316 g/mol. The molecule has 0 aliphatic heterocycles. The van der Waals surface area contributed by atoms with E-state index in [4.69, 9.17) is 9.47 Å². The van der Waals surface area contributed by atoms with Crippen LogP contribution in [0.5, 0.6) is 0 Å². The summed E-state index contributed by atoms with van der Waals surface area (Å²) >= 11 is 0. The van der Waals surface area contributed by atoms with Gasteiger partial charge >= 0.3 is 0 Å². The van der Waals surface area contributed by atoms with Crippen LogP contribution in [0.2, 0.25) is 0 Å². The normalized spacial score (nSPS) is 33.2. The molecule has 4 nitrogen and oxygen atoms in total. The van der Waals surface area contributed by atoms with E-state index in [1.54, 1.807) is 0 Å². The third kappa shape index (κ3) is 3.23. The van der Waals surface area contributed by atoms with Crippen molar-refractivity contribution in [1.29, 1.82) is 0 Å². The minimum absolute atomic E-state index is 0.0686. The zero-order valence-corrected chi connectivity index (χ0v) is 14.1. The molecule has 2 N–H and O–H groups in total. The first-order valence-corrected chi connectivity index (χ1v) is 8.84. The van der Waals surface area contributed by atoms with Gasteiger partial charge in [-0.1, -0.05) is 60.7 Å². The molecule has 132 valence electrons. The molecular formula is C21H24O4. The van der Waals surface area contributed by atoms with Crippen molar-refractivity contribution in [2.75, 3.05) is 6.61 Å². The van der Waals surface area contributed by atoms with Crippen LogP contribution in [0.4, 0.5) is 0 Å². The van der Waals surface area contributed by atoms with Gasteiger partial charge in [-0.15, -0.1) is 0 Å². The molecule has 0 radical (unpaired) electrons. The summed E-state index contributed by atoms with van der Waals surface area (Å²) in [6, 6.07) is 19.9. The highest BCUT2D eigenvalue weighted by Gasteiger charge is 2.71. The molecule has 0 bridgehead atoms.